The van der Waals surface area contributed by atoms with E-state index < -0.39 is 0 Å². The fourth-order valence-corrected chi connectivity index (χ4v) is 2.14. The average Bonchev–Trinajstić information content (AvgIpc) is 3.10. The van der Waals surface area contributed by atoms with E-state index in [9.17, 15) is 4.79 Å². The van der Waals surface area contributed by atoms with Crippen molar-refractivity contribution in [1.29, 1.82) is 0 Å². The number of tetrazole rings is 1. The number of rotatable bonds is 4. The second-order valence-electron chi connectivity index (χ2n) is 4.94. The van der Waals surface area contributed by atoms with E-state index in [4.69, 9.17) is 4.74 Å². The van der Waals surface area contributed by atoms with Crippen LogP contribution in [0.4, 0.5) is 5.69 Å². The fourth-order valence-electron chi connectivity index (χ4n) is 2.14. The Morgan fingerprint density at radius 2 is 1.96 bits per heavy atom. The third-order valence-electron chi connectivity index (χ3n) is 3.41. The highest BCUT2D eigenvalue weighted by Crippen LogP contribution is 2.20. The smallest absolute Gasteiger partial charge is 0.255 e. The number of carbonyl (C=O) groups is 1. The molecule has 116 valence electrons. The number of carbonyl (C=O) groups excluding carboxylic acids is 1. The van der Waals surface area contributed by atoms with E-state index in [1.54, 1.807) is 31.4 Å². The molecule has 0 unspecified atom stereocenters. The monoisotopic (exact) mass is 309 g/mol. The van der Waals surface area contributed by atoms with E-state index in [0.717, 1.165) is 11.3 Å². The van der Waals surface area contributed by atoms with Crippen molar-refractivity contribution in [1.82, 2.24) is 20.2 Å². The second-order valence-corrected chi connectivity index (χ2v) is 4.94. The molecule has 7 nitrogen and oxygen atoms in total. The first kappa shape index (κ1) is 14.7. The number of aryl methyl sites for hydroxylation is 1. The van der Waals surface area contributed by atoms with Gasteiger partial charge in [-0.2, -0.15) is 0 Å². The summed E-state index contributed by atoms with van der Waals surface area (Å²) < 4.78 is 6.78. The first-order valence-corrected chi connectivity index (χ1v) is 6.97. The van der Waals surface area contributed by atoms with E-state index in [1.807, 2.05) is 25.1 Å². The Morgan fingerprint density at radius 1 is 1.17 bits per heavy atom. The molecule has 0 atom stereocenters. The number of nitrogens with one attached hydrogen (secondary N) is 1. The zero-order chi connectivity index (χ0) is 16.2. The molecule has 0 aliphatic rings. The van der Waals surface area contributed by atoms with Crippen molar-refractivity contribution in [3.8, 4) is 11.4 Å². The molecule has 0 aliphatic heterocycles. The van der Waals surface area contributed by atoms with E-state index in [-0.39, 0.29) is 5.91 Å². The highest BCUT2D eigenvalue weighted by molar-refractivity contribution is 6.04. The van der Waals surface area contributed by atoms with Crippen molar-refractivity contribution in [2.45, 2.75) is 6.92 Å². The van der Waals surface area contributed by atoms with Crippen LogP contribution in [0.1, 0.15) is 15.9 Å². The minimum Gasteiger partial charge on any atom is -0.496 e. The summed E-state index contributed by atoms with van der Waals surface area (Å²) in [6.45, 7) is 1.93. The number of nitrogens with zero attached hydrogens (tertiary/aromatic N) is 4. The topological polar surface area (TPSA) is 81.9 Å². The van der Waals surface area contributed by atoms with Gasteiger partial charge in [0.1, 0.15) is 12.1 Å². The maximum atomic E-state index is 12.3. The van der Waals surface area contributed by atoms with E-state index in [1.165, 1.54) is 11.0 Å². The molecule has 2 aromatic carbocycles. The molecular formula is C16H15N5O2. The number of hydrogen-bond acceptors (Lipinski definition) is 5. The summed E-state index contributed by atoms with van der Waals surface area (Å²) in [6, 6.07) is 12.6. The molecule has 1 N–H and O–H groups in total. The molecule has 0 saturated heterocycles. The molecule has 7 heteroatoms. The zero-order valence-corrected chi connectivity index (χ0v) is 12.7. The number of anilines is 1. The molecule has 0 bridgehead atoms. The normalized spacial score (nSPS) is 10.3. The van der Waals surface area contributed by atoms with E-state index in [0.29, 0.717) is 17.0 Å². The van der Waals surface area contributed by atoms with Crippen LogP contribution in [0, 0.1) is 6.92 Å². The van der Waals surface area contributed by atoms with Crippen LogP contribution in [-0.2, 0) is 0 Å². The van der Waals surface area contributed by atoms with Crippen LogP contribution in [0.3, 0.4) is 0 Å². The summed E-state index contributed by atoms with van der Waals surface area (Å²) >= 11 is 0. The summed E-state index contributed by atoms with van der Waals surface area (Å²) in [5, 5.41) is 13.8. The number of ether oxygens (including phenoxy) is 1. The van der Waals surface area contributed by atoms with Crippen molar-refractivity contribution >= 4 is 11.6 Å². The molecule has 1 heterocycles. The summed E-state index contributed by atoms with van der Waals surface area (Å²) in [6.07, 6.45) is 1.51. The Labute approximate surface area is 132 Å². The van der Waals surface area contributed by atoms with Crippen molar-refractivity contribution in [3.63, 3.8) is 0 Å². The predicted molar refractivity (Wildman–Crippen MR) is 84.8 cm³/mol. The second kappa shape index (κ2) is 6.27. The van der Waals surface area contributed by atoms with E-state index in [2.05, 4.69) is 20.8 Å². The molecule has 0 aliphatic carbocycles. The SMILES string of the molecule is COc1cc(C(=O)Nc2ccc(-n3cnnn3)cc2)ccc1C. The molecule has 1 aromatic heterocycles. The summed E-state index contributed by atoms with van der Waals surface area (Å²) in [5.41, 5.74) is 3.02. The number of amides is 1. The molecular weight excluding hydrogens is 294 g/mol. The van der Waals surface area contributed by atoms with Gasteiger partial charge in [-0.1, -0.05) is 6.07 Å². The fraction of sp³-hybridized carbons (Fsp3) is 0.125. The number of benzene rings is 2. The lowest BCUT2D eigenvalue weighted by Gasteiger charge is -2.09. The molecule has 23 heavy (non-hydrogen) atoms. The molecule has 3 rings (SSSR count). The Bertz CT molecular complexity index is 813. The summed E-state index contributed by atoms with van der Waals surface area (Å²) in [4.78, 5) is 12.3. The zero-order valence-electron chi connectivity index (χ0n) is 12.7. The molecule has 3 aromatic rings. The lowest BCUT2D eigenvalue weighted by molar-refractivity contribution is 0.102. The van der Waals surface area contributed by atoms with Crippen LogP contribution in [0.2, 0.25) is 0 Å². The third-order valence-corrected chi connectivity index (χ3v) is 3.41. The van der Waals surface area contributed by atoms with Gasteiger partial charge in [-0.25, -0.2) is 4.68 Å². The highest BCUT2D eigenvalue weighted by Gasteiger charge is 2.09. The standard InChI is InChI=1S/C16H15N5O2/c1-11-3-4-12(9-15(11)23-2)16(22)18-13-5-7-14(8-6-13)21-10-17-19-20-21/h3-10H,1-2H3,(H,18,22). The minimum absolute atomic E-state index is 0.196. The third kappa shape index (κ3) is 3.18. The lowest BCUT2D eigenvalue weighted by atomic mass is 10.1. The molecule has 0 saturated carbocycles. The summed E-state index contributed by atoms with van der Waals surface area (Å²) in [7, 11) is 1.59. The van der Waals surface area contributed by atoms with Gasteiger partial charge in [-0.3, -0.25) is 4.79 Å². The predicted octanol–water partition coefficient (Wildman–Crippen LogP) is 2.23. The first-order chi connectivity index (χ1) is 11.2. The van der Waals surface area contributed by atoms with Crippen molar-refractivity contribution in [2.75, 3.05) is 12.4 Å². The molecule has 0 spiro atoms. The van der Waals surface area contributed by atoms with E-state index >= 15 is 0 Å². The van der Waals surface area contributed by atoms with Gasteiger partial charge in [0, 0.05) is 11.3 Å². The number of methoxy groups -OCH3 is 1. The number of aromatic nitrogens is 4. The molecule has 1 amide bonds. The van der Waals surface area contributed by atoms with Crippen LogP contribution in [0.25, 0.3) is 5.69 Å². The molecule has 0 radical (unpaired) electrons. The van der Waals surface area contributed by atoms with Crippen LogP contribution < -0.4 is 10.1 Å². The van der Waals surface area contributed by atoms with Crippen LogP contribution in [0.15, 0.2) is 48.8 Å². The molecule has 0 fully saturated rings. The number of hydrogen-bond donors (Lipinski definition) is 1. The van der Waals surface area contributed by atoms with Crippen molar-refractivity contribution in [2.24, 2.45) is 0 Å². The van der Waals surface area contributed by atoms with Crippen molar-refractivity contribution < 1.29 is 9.53 Å². The first-order valence-electron chi connectivity index (χ1n) is 6.97. The quantitative estimate of drug-likeness (QED) is 0.799. The van der Waals surface area contributed by atoms with Gasteiger partial charge in [-0.05, 0) is 59.3 Å². The van der Waals surface area contributed by atoms with Crippen LogP contribution in [0.5, 0.6) is 5.75 Å². The van der Waals surface area contributed by atoms with Gasteiger partial charge in [0.25, 0.3) is 5.91 Å². The largest absolute Gasteiger partial charge is 0.496 e. The van der Waals surface area contributed by atoms with Gasteiger partial charge < -0.3 is 10.1 Å². The van der Waals surface area contributed by atoms with Gasteiger partial charge >= 0.3 is 0 Å². The average molecular weight is 309 g/mol. The maximum absolute atomic E-state index is 12.3. The Balaban J connectivity index is 1.75. The van der Waals surface area contributed by atoms with Gasteiger partial charge in [-0.15, -0.1) is 5.10 Å². The Kier molecular flexibility index (Phi) is 4.01. The van der Waals surface area contributed by atoms with Gasteiger partial charge in [0.15, 0.2) is 0 Å². The Morgan fingerprint density at radius 3 is 2.61 bits per heavy atom. The van der Waals surface area contributed by atoms with Crippen LogP contribution >= 0.6 is 0 Å². The van der Waals surface area contributed by atoms with Crippen molar-refractivity contribution in [3.05, 3.63) is 59.9 Å². The minimum atomic E-state index is -0.196. The highest BCUT2D eigenvalue weighted by atomic mass is 16.5. The maximum Gasteiger partial charge on any atom is 0.255 e. The van der Waals surface area contributed by atoms with Crippen LogP contribution in [-0.4, -0.2) is 33.2 Å². The van der Waals surface area contributed by atoms with Gasteiger partial charge in [0.05, 0.1) is 12.8 Å². The summed E-state index contributed by atoms with van der Waals surface area (Å²) in [5.74, 6) is 0.491. The lowest BCUT2D eigenvalue weighted by Crippen LogP contribution is -2.12. The van der Waals surface area contributed by atoms with Gasteiger partial charge in [0.2, 0.25) is 0 Å². The Hall–Kier alpha value is -3.22.